The van der Waals surface area contributed by atoms with Crippen molar-refractivity contribution in [2.24, 2.45) is 0 Å². The number of halogens is 1. The third-order valence-corrected chi connectivity index (χ3v) is 2.30. The average molecular weight is 231 g/mol. The molecule has 0 amide bonds. The summed E-state index contributed by atoms with van der Waals surface area (Å²) in [6.07, 6.45) is 5.63. The van der Waals surface area contributed by atoms with Crippen LogP contribution in [0.1, 0.15) is 12.8 Å². The van der Waals surface area contributed by atoms with Crippen molar-refractivity contribution in [3.8, 4) is 0 Å². The summed E-state index contributed by atoms with van der Waals surface area (Å²) in [7, 11) is 1.61. The fourth-order valence-electron chi connectivity index (χ4n) is 1.18. The van der Waals surface area contributed by atoms with Crippen LogP contribution >= 0.6 is 15.9 Å². The first-order chi connectivity index (χ1) is 5.79. The highest BCUT2D eigenvalue weighted by Crippen LogP contribution is 2.20. The molecule has 0 aromatic rings. The van der Waals surface area contributed by atoms with Gasteiger partial charge in [-0.1, -0.05) is 28.1 Å². The van der Waals surface area contributed by atoms with Crippen LogP contribution < -0.4 is 0 Å². The fraction of sp³-hybridized carbons (Fsp3) is 0.444. The van der Waals surface area contributed by atoms with Crippen LogP contribution in [0.15, 0.2) is 23.5 Å². The molecule has 0 heterocycles. The van der Waals surface area contributed by atoms with Gasteiger partial charge < -0.3 is 4.74 Å². The number of hydrogen-bond donors (Lipinski definition) is 0. The van der Waals surface area contributed by atoms with Crippen LogP contribution in [0.25, 0.3) is 0 Å². The molecule has 0 saturated carbocycles. The van der Waals surface area contributed by atoms with Gasteiger partial charge in [0.2, 0.25) is 0 Å². The van der Waals surface area contributed by atoms with E-state index >= 15 is 0 Å². The van der Waals surface area contributed by atoms with Crippen molar-refractivity contribution in [1.29, 1.82) is 0 Å². The third-order valence-electron chi connectivity index (χ3n) is 1.79. The summed E-state index contributed by atoms with van der Waals surface area (Å²) < 4.78 is 5.11. The zero-order chi connectivity index (χ0) is 8.97. The van der Waals surface area contributed by atoms with Crippen LogP contribution in [0, 0.1) is 0 Å². The Hall–Kier alpha value is -0.570. The number of methoxy groups -OCH3 is 1. The second-order valence-corrected chi connectivity index (χ2v) is 3.10. The van der Waals surface area contributed by atoms with Crippen LogP contribution in [0.3, 0.4) is 0 Å². The van der Waals surface area contributed by atoms with E-state index in [2.05, 4.69) is 15.9 Å². The van der Waals surface area contributed by atoms with E-state index in [-0.39, 0.29) is 5.78 Å². The SMILES string of the molecule is COC1=C(C(=O)CBr)C=CCC1. The molecule has 0 saturated heterocycles. The summed E-state index contributed by atoms with van der Waals surface area (Å²) in [5, 5.41) is 0.361. The molecule has 3 heteroatoms. The summed E-state index contributed by atoms with van der Waals surface area (Å²) in [4.78, 5) is 11.3. The molecule has 0 aliphatic heterocycles. The fourth-order valence-corrected chi connectivity index (χ4v) is 1.48. The number of Topliss-reactive ketones (excluding diaryl/α,β-unsaturated/α-hetero) is 1. The molecule has 0 N–H and O–H groups in total. The molecule has 0 spiro atoms. The van der Waals surface area contributed by atoms with Gasteiger partial charge in [0, 0.05) is 6.42 Å². The highest BCUT2D eigenvalue weighted by molar-refractivity contribution is 9.09. The van der Waals surface area contributed by atoms with Crippen LogP contribution in [0.5, 0.6) is 0 Å². The molecule has 1 rings (SSSR count). The Balaban J connectivity index is 2.88. The van der Waals surface area contributed by atoms with E-state index < -0.39 is 0 Å². The first kappa shape index (κ1) is 9.52. The minimum Gasteiger partial charge on any atom is -0.500 e. The topological polar surface area (TPSA) is 26.3 Å². The molecule has 0 fully saturated rings. The lowest BCUT2D eigenvalue weighted by Gasteiger charge is -2.12. The molecular formula is C9H11BrO2. The lowest BCUT2D eigenvalue weighted by Crippen LogP contribution is -2.08. The van der Waals surface area contributed by atoms with Crippen molar-refractivity contribution in [2.45, 2.75) is 12.8 Å². The second-order valence-electron chi connectivity index (χ2n) is 2.54. The molecule has 0 aromatic heterocycles. The first-order valence-electron chi connectivity index (χ1n) is 3.82. The Bertz CT molecular complexity index is 241. The van der Waals surface area contributed by atoms with E-state index in [9.17, 15) is 4.79 Å². The van der Waals surface area contributed by atoms with E-state index in [4.69, 9.17) is 4.74 Å². The molecule has 66 valence electrons. The van der Waals surface area contributed by atoms with E-state index in [1.165, 1.54) is 0 Å². The molecule has 0 bridgehead atoms. The maximum atomic E-state index is 11.3. The maximum Gasteiger partial charge on any atom is 0.176 e. The van der Waals surface area contributed by atoms with Crippen molar-refractivity contribution in [3.63, 3.8) is 0 Å². The normalized spacial score (nSPS) is 16.5. The Kier molecular flexibility index (Phi) is 3.53. The zero-order valence-electron chi connectivity index (χ0n) is 6.97. The van der Waals surface area contributed by atoms with Crippen LogP contribution in [0.2, 0.25) is 0 Å². The monoisotopic (exact) mass is 230 g/mol. The lowest BCUT2D eigenvalue weighted by atomic mass is 10.0. The van der Waals surface area contributed by atoms with Crippen molar-refractivity contribution in [1.82, 2.24) is 0 Å². The minimum absolute atomic E-state index is 0.0859. The maximum absolute atomic E-state index is 11.3. The Morgan fingerprint density at radius 3 is 3.08 bits per heavy atom. The van der Waals surface area contributed by atoms with Crippen molar-refractivity contribution in [2.75, 3.05) is 12.4 Å². The average Bonchev–Trinajstić information content (AvgIpc) is 2.16. The van der Waals surface area contributed by atoms with E-state index in [0.717, 1.165) is 18.6 Å². The van der Waals surface area contributed by atoms with Gasteiger partial charge in [0.15, 0.2) is 5.78 Å². The van der Waals surface area contributed by atoms with Crippen LogP contribution in [-0.2, 0) is 9.53 Å². The lowest BCUT2D eigenvalue weighted by molar-refractivity contribution is -0.113. The molecule has 0 radical (unpaired) electrons. The predicted molar refractivity (Wildman–Crippen MR) is 51.2 cm³/mol. The Morgan fingerprint density at radius 2 is 2.50 bits per heavy atom. The number of rotatable bonds is 3. The van der Waals surface area contributed by atoms with Gasteiger partial charge in [0.1, 0.15) is 5.76 Å². The van der Waals surface area contributed by atoms with Crippen molar-refractivity contribution >= 4 is 21.7 Å². The molecule has 0 aromatic carbocycles. The van der Waals surface area contributed by atoms with Gasteiger partial charge in [0.05, 0.1) is 18.0 Å². The van der Waals surface area contributed by atoms with Gasteiger partial charge in [-0.05, 0) is 6.42 Å². The van der Waals surface area contributed by atoms with Gasteiger partial charge in [-0.2, -0.15) is 0 Å². The quantitative estimate of drug-likeness (QED) is 0.696. The first-order valence-corrected chi connectivity index (χ1v) is 4.94. The summed E-state index contributed by atoms with van der Waals surface area (Å²) >= 11 is 3.13. The smallest absolute Gasteiger partial charge is 0.176 e. The van der Waals surface area contributed by atoms with Gasteiger partial charge in [0.25, 0.3) is 0 Å². The summed E-state index contributed by atoms with van der Waals surface area (Å²) in [5.41, 5.74) is 0.709. The highest BCUT2D eigenvalue weighted by Gasteiger charge is 2.14. The Labute approximate surface area is 80.4 Å². The van der Waals surface area contributed by atoms with Gasteiger partial charge >= 0.3 is 0 Å². The van der Waals surface area contributed by atoms with E-state index in [1.807, 2.05) is 12.2 Å². The molecule has 1 aliphatic carbocycles. The molecule has 12 heavy (non-hydrogen) atoms. The van der Waals surface area contributed by atoms with E-state index in [0.29, 0.717) is 10.9 Å². The van der Waals surface area contributed by atoms with Gasteiger partial charge in [-0.15, -0.1) is 0 Å². The molecule has 1 aliphatic rings. The molecule has 0 unspecified atom stereocenters. The van der Waals surface area contributed by atoms with Crippen LogP contribution in [0.4, 0.5) is 0 Å². The number of carbonyl (C=O) groups excluding carboxylic acids is 1. The highest BCUT2D eigenvalue weighted by atomic mass is 79.9. The van der Waals surface area contributed by atoms with Gasteiger partial charge in [-0.25, -0.2) is 0 Å². The number of alkyl halides is 1. The number of hydrogen-bond acceptors (Lipinski definition) is 2. The predicted octanol–water partition coefficient (Wildman–Crippen LogP) is 2.20. The van der Waals surface area contributed by atoms with Crippen molar-refractivity contribution in [3.05, 3.63) is 23.5 Å². The Morgan fingerprint density at radius 1 is 1.75 bits per heavy atom. The summed E-state index contributed by atoms with van der Waals surface area (Å²) in [5.74, 6) is 0.893. The summed E-state index contributed by atoms with van der Waals surface area (Å²) in [6, 6.07) is 0. The molecular weight excluding hydrogens is 220 g/mol. The van der Waals surface area contributed by atoms with Crippen LogP contribution in [-0.4, -0.2) is 18.2 Å². The number of ketones is 1. The summed E-state index contributed by atoms with van der Waals surface area (Å²) in [6.45, 7) is 0. The second kappa shape index (κ2) is 4.45. The number of allylic oxidation sites excluding steroid dienone is 4. The van der Waals surface area contributed by atoms with Gasteiger partial charge in [-0.3, -0.25) is 4.79 Å². The minimum atomic E-state index is 0.0859. The third kappa shape index (κ3) is 1.97. The molecule has 0 atom stereocenters. The largest absolute Gasteiger partial charge is 0.500 e. The standard InChI is InChI=1S/C9H11BrO2/c1-12-9-5-3-2-4-7(9)8(11)6-10/h2,4H,3,5-6H2,1H3. The van der Waals surface area contributed by atoms with Crippen molar-refractivity contribution < 1.29 is 9.53 Å². The zero-order valence-corrected chi connectivity index (χ0v) is 8.56. The van der Waals surface area contributed by atoms with E-state index in [1.54, 1.807) is 7.11 Å². The number of ether oxygens (including phenoxy) is 1. The number of carbonyl (C=O) groups is 1. The molecule has 2 nitrogen and oxygen atoms in total.